The van der Waals surface area contributed by atoms with Crippen molar-refractivity contribution in [3.05, 3.63) is 58.3 Å². The van der Waals surface area contributed by atoms with Crippen LogP contribution >= 0.6 is 15.9 Å². The standard InChI is InChI=1S/C15H16BrFN2O/c1-20-12-5-3-11(4-6-12)19-15(9-18)13-8-10(17)2-7-14(13)16/h2-8,15,19H,9,18H2,1H3. The lowest BCUT2D eigenvalue weighted by Crippen LogP contribution is -2.21. The molecular formula is C15H16BrFN2O. The first-order valence-electron chi connectivity index (χ1n) is 6.19. The number of hydrogen-bond donors (Lipinski definition) is 2. The minimum Gasteiger partial charge on any atom is -0.497 e. The molecule has 0 saturated heterocycles. The van der Waals surface area contributed by atoms with E-state index in [2.05, 4.69) is 21.2 Å². The molecule has 0 heterocycles. The molecule has 0 aliphatic rings. The van der Waals surface area contributed by atoms with Crippen LogP contribution in [0.2, 0.25) is 0 Å². The van der Waals surface area contributed by atoms with Gasteiger partial charge in [0.25, 0.3) is 0 Å². The Morgan fingerprint density at radius 3 is 2.55 bits per heavy atom. The van der Waals surface area contributed by atoms with Gasteiger partial charge in [-0.3, -0.25) is 0 Å². The summed E-state index contributed by atoms with van der Waals surface area (Å²) in [5.74, 6) is 0.505. The zero-order chi connectivity index (χ0) is 14.5. The molecule has 3 N–H and O–H groups in total. The van der Waals surface area contributed by atoms with Crippen LogP contribution in [0.25, 0.3) is 0 Å². The van der Waals surface area contributed by atoms with Gasteiger partial charge < -0.3 is 15.8 Å². The largest absolute Gasteiger partial charge is 0.497 e. The van der Waals surface area contributed by atoms with E-state index in [1.807, 2.05) is 24.3 Å². The molecule has 0 amide bonds. The van der Waals surface area contributed by atoms with Crippen molar-refractivity contribution in [3.63, 3.8) is 0 Å². The van der Waals surface area contributed by atoms with Crippen LogP contribution in [0, 0.1) is 5.82 Å². The van der Waals surface area contributed by atoms with Crippen molar-refractivity contribution >= 4 is 21.6 Å². The number of hydrogen-bond acceptors (Lipinski definition) is 3. The molecule has 0 aliphatic heterocycles. The van der Waals surface area contributed by atoms with Crippen molar-refractivity contribution < 1.29 is 9.13 Å². The zero-order valence-electron chi connectivity index (χ0n) is 11.1. The minimum atomic E-state index is -0.279. The molecule has 2 aromatic rings. The highest BCUT2D eigenvalue weighted by molar-refractivity contribution is 9.10. The fourth-order valence-electron chi connectivity index (χ4n) is 1.93. The van der Waals surface area contributed by atoms with Crippen LogP contribution < -0.4 is 15.8 Å². The number of ether oxygens (including phenoxy) is 1. The summed E-state index contributed by atoms with van der Waals surface area (Å²) in [4.78, 5) is 0. The lowest BCUT2D eigenvalue weighted by Gasteiger charge is -2.20. The van der Waals surface area contributed by atoms with Gasteiger partial charge in [0.15, 0.2) is 0 Å². The zero-order valence-corrected chi connectivity index (χ0v) is 12.7. The normalized spacial score (nSPS) is 12.0. The topological polar surface area (TPSA) is 47.3 Å². The van der Waals surface area contributed by atoms with E-state index in [0.29, 0.717) is 6.54 Å². The Hall–Kier alpha value is -1.59. The number of nitrogens with one attached hydrogen (secondary N) is 1. The fourth-order valence-corrected chi connectivity index (χ4v) is 2.46. The summed E-state index contributed by atoms with van der Waals surface area (Å²) in [5.41, 5.74) is 7.49. The molecule has 0 saturated carbocycles. The van der Waals surface area contributed by atoms with Crippen molar-refractivity contribution in [2.24, 2.45) is 5.73 Å². The maximum absolute atomic E-state index is 13.4. The lowest BCUT2D eigenvalue weighted by molar-refractivity contribution is 0.415. The Bertz CT molecular complexity index is 575. The van der Waals surface area contributed by atoms with Gasteiger partial charge in [0, 0.05) is 16.7 Å². The Morgan fingerprint density at radius 1 is 1.25 bits per heavy atom. The highest BCUT2D eigenvalue weighted by atomic mass is 79.9. The summed E-state index contributed by atoms with van der Waals surface area (Å²) in [6.45, 7) is 0.355. The molecule has 20 heavy (non-hydrogen) atoms. The van der Waals surface area contributed by atoms with E-state index in [1.54, 1.807) is 13.2 Å². The number of halogens is 2. The van der Waals surface area contributed by atoms with Gasteiger partial charge in [0.2, 0.25) is 0 Å². The van der Waals surface area contributed by atoms with Crippen molar-refractivity contribution in [3.8, 4) is 5.75 Å². The van der Waals surface area contributed by atoms with E-state index in [-0.39, 0.29) is 11.9 Å². The first-order valence-corrected chi connectivity index (χ1v) is 6.99. The Balaban J connectivity index is 2.21. The van der Waals surface area contributed by atoms with Crippen LogP contribution in [-0.2, 0) is 0 Å². The van der Waals surface area contributed by atoms with Crippen LogP contribution in [0.5, 0.6) is 5.75 Å². The van der Waals surface area contributed by atoms with Crippen molar-refractivity contribution in [1.29, 1.82) is 0 Å². The predicted molar refractivity (Wildman–Crippen MR) is 82.5 cm³/mol. The number of nitrogens with two attached hydrogens (primary N) is 1. The monoisotopic (exact) mass is 338 g/mol. The molecule has 0 radical (unpaired) electrons. The smallest absolute Gasteiger partial charge is 0.123 e. The van der Waals surface area contributed by atoms with E-state index < -0.39 is 0 Å². The molecule has 0 aliphatic carbocycles. The van der Waals surface area contributed by atoms with Gasteiger partial charge in [-0.1, -0.05) is 15.9 Å². The third kappa shape index (κ3) is 3.49. The summed E-state index contributed by atoms with van der Waals surface area (Å²) < 4.78 is 19.3. The van der Waals surface area contributed by atoms with Gasteiger partial charge in [-0.25, -0.2) is 4.39 Å². The van der Waals surface area contributed by atoms with Crippen LogP contribution in [0.1, 0.15) is 11.6 Å². The Morgan fingerprint density at radius 2 is 1.95 bits per heavy atom. The molecule has 3 nitrogen and oxygen atoms in total. The van der Waals surface area contributed by atoms with Crippen LogP contribution in [-0.4, -0.2) is 13.7 Å². The van der Waals surface area contributed by atoms with Crippen LogP contribution in [0.15, 0.2) is 46.9 Å². The molecule has 5 heteroatoms. The van der Waals surface area contributed by atoms with E-state index >= 15 is 0 Å². The maximum Gasteiger partial charge on any atom is 0.123 e. The Kier molecular flexibility index (Phi) is 4.98. The van der Waals surface area contributed by atoms with E-state index in [9.17, 15) is 4.39 Å². The van der Waals surface area contributed by atoms with Crippen LogP contribution in [0.4, 0.5) is 10.1 Å². The van der Waals surface area contributed by atoms with Gasteiger partial charge in [0.05, 0.1) is 13.2 Å². The average Bonchev–Trinajstić information content (AvgIpc) is 2.48. The molecule has 0 fully saturated rings. The number of anilines is 1. The SMILES string of the molecule is COc1ccc(NC(CN)c2cc(F)ccc2Br)cc1. The van der Waals surface area contributed by atoms with Crippen molar-refractivity contribution in [2.45, 2.75) is 6.04 Å². The third-order valence-corrected chi connectivity index (χ3v) is 3.72. The van der Waals surface area contributed by atoms with Crippen LogP contribution in [0.3, 0.4) is 0 Å². The quantitative estimate of drug-likeness (QED) is 0.873. The first kappa shape index (κ1) is 14.8. The second-order valence-corrected chi connectivity index (χ2v) is 5.18. The van der Waals surface area contributed by atoms with E-state index in [1.165, 1.54) is 12.1 Å². The molecule has 0 bridgehead atoms. The van der Waals surface area contributed by atoms with Gasteiger partial charge >= 0.3 is 0 Å². The number of methoxy groups -OCH3 is 1. The van der Waals surface area contributed by atoms with Gasteiger partial charge in [-0.15, -0.1) is 0 Å². The second kappa shape index (κ2) is 6.72. The fraction of sp³-hybridized carbons (Fsp3) is 0.200. The molecule has 2 aromatic carbocycles. The summed E-state index contributed by atoms with van der Waals surface area (Å²) in [5, 5.41) is 3.29. The summed E-state index contributed by atoms with van der Waals surface area (Å²) >= 11 is 3.43. The van der Waals surface area contributed by atoms with E-state index in [4.69, 9.17) is 10.5 Å². The van der Waals surface area contributed by atoms with Gasteiger partial charge in [0.1, 0.15) is 11.6 Å². The molecule has 0 spiro atoms. The highest BCUT2D eigenvalue weighted by Gasteiger charge is 2.14. The summed E-state index contributed by atoms with van der Waals surface area (Å²) in [6.07, 6.45) is 0. The van der Waals surface area contributed by atoms with Gasteiger partial charge in [-0.2, -0.15) is 0 Å². The van der Waals surface area contributed by atoms with Gasteiger partial charge in [-0.05, 0) is 48.0 Å². The lowest BCUT2D eigenvalue weighted by atomic mass is 10.1. The van der Waals surface area contributed by atoms with E-state index in [0.717, 1.165) is 21.5 Å². The molecule has 2 rings (SSSR count). The Labute approximate surface area is 126 Å². The third-order valence-electron chi connectivity index (χ3n) is 3.00. The molecular weight excluding hydrogens is 323 g/mol. The summed E-state index contributed by atoms with van der Waals surface area (Å²) in [7, 11) is 1.62. The summed E-state index contributed by atoms with van der Waals surface area (Å²) in [6, 6.07) is 11.9. The molecule has 106 valence electrons. The predicted octanol–water partition coefficient (Wildman–Crippen LogP) is 3.71. The molecule has 0 aromatic heterocycles. The molecule has 1 unspecified atom stereocenters. The van der Waals surface area contributed by atoms with Crippen molar-refractivity contribution in [1.82, 2.24) is 0 Å². The highest BCUT2D eigenvalue weighted by Crippen LogP contribution is 2.27. The maximum atomic E-state index is 13.4. The number of benzene rings is 2. The molecule has 1 atom stereocenters. The minimum absolute atomic E-state index is 0.173. The average molecular weight is 339 g/mol. The second-order valence-electron chi connectivity index (χ2n) is 4.33. The van der Waals surface area contributed by atoms with Crippen molar-refractivity contribution in [2.75, 3.05) is 19.0 Å². The first-order chi connectivity index (χ1) is 9.63. The number of rotatable bonds is 5.